The highest BCUT2D eigenvalue weighted by Crippen LogP contribution is 2.37. The Morgan fingerprint density at radius 2 is 1.75 bits per heavy atom. The van der Waals surface area contributed by atoms with Gasteiger partial charge in [0.1, 0.15) is 5.75 Å². The molecule has 0 fully saturated rings. The van der Waals surface area contributed by atoms with Crippen LogP contribution in [0.2, 0.25) is 5.02 Å². The molecule has 164 valence electrons. The molecule has 0 bridgehead atoms. The number of anilines is 2. The number of para-hydroxylation sites is 1. The van der Waals surface area contributed by atoms with E-state index in [0.29, 0.717) is 27.7 Å². The molecule has 3 aromatic rings. The summed E-state index contributed by atoms with van der Waals surface area (Å²) in [6, 6.07) is 19.3. The van der Waals surface area contributed by atoms with Gasteiger partial charge in [-0.1, -0.05) is 54.1 Å². The number of Topliss-reactive ketones (excluding diaryl/α,β-unsaturated/α-hetero) is 1. The van der Waals surface area contributed by atoms with Gasteiger partial charge in [0.05, 0.1) is 25.0 Å². The van der Waals surface area contributed by atoms with Crippen LogP contribution in [0, 0.1) is 6.92 Å². The van der Waals surface area contributed by atoms with Gasteiger partial charge in [-0.05, 0) is 36.2 Å². The molecule has 4 rings (SSSR count). The lowest BCUT2D eigenvalue weighted by Gasteiger charge is -2.31. The van der Waals surface area contributed by atoms with Crippen molar-refractivity contribution < 1.29 is 17.9 Å². The van der Waals surface area contributed by atoms with E-state index < -0.39 is 15.8 Å². The third-order valence-corrected chi connectivity index (χ3v) is 7.39. The van der Waals surface area contributed by atoms with E-state index in [1.807, 2.05) is 37.3 Å². The molecule has 0 amide bonds. The number of hydrogen-bond acceptors (Lipinski definition) is 5. The predicted molar refractivity (Wildman–Crippen MR) is 127 cm³/mol. The number of aryl methyl sites for hydroxylation is 1. The third kappa shape index (κ3) is 3.97. The number of carbonyl (C=O) groups excluding carboxylic acids is 1. The number of fused-ring (bicyclic) bond motifs is 1. The van der Waals surface area contributed by atoms with Crippen LogP contribution in [-0.2, 0) is 16.6 Å². The number of halogens is 1. The molecular formula is C24H21ClN2O4S. The zero-order valence-electron chi connectivity index (χ0n) is 17.5. The first kappa shape index (κ1) is 21.9. The van der Waals surface area contributed by atoms with Crippen LogP contribution < -0.4 is 14.4 Å². The summed E-state index contributed by atoms with van der Waals surface area (Å²) in [4.78, 5) is 12.8. The first-order valence-electron chi connectivity index (χ1n) is 9.84. The van der Waals surface area contributed by atoms with Crippen molar-refractivity contribution in [2.75, 3.05) is 16.7 Å². The molecule has 1 aliphatic heterocycles. The highest BCUT2D eigenvalue weighted by atomic mass is 35.5. The maximum absolute atomic E-state index is 13.5. The second-order valence-corrected chi connectivity index (χ2v) is 9.54. The van der Waals surface area contributed by atoms with E-state index in [4.69, 9.17) is 16.3 Å². The largest absolute Gasteiger partial charge is 0.495 e. The zero-order valence-corrected chi connectivity index (χ0v) is 19.1. The monoisotopic (exact) mass is 468 g/mol. The van der Waals surface area contributed by atoms with Crippen LogP contribution in [0.25, 0.3) is 0 Å². The molecule has 1 N–H and O–H groups in total. The molecule has 0 saturated carbocycles. The average molecular weight is 469 g/mol. The lowest BCUT2D eigenvalue weighted by atomic mass is 10.1. The summed E-state index contributed by atoms with van der Waals surface area (Å²) >= 11 is 6.15. The van der Waals surface area contributed by atoms with E-state index >= 15 is 0 Å². The van der Waals surface area contributed by atoms with Crippen LogP contribution in [-0.4, -0.2) is 21.3 Å². The molecule has 0 radical (unpaired) electrons. The number of ether oxygens (including phenoxy) is 1. The number of allylic oxidation sites excluding steroid dienone is 1. The lowest BCUT2D eigenvalue weighted by molar-refractivity contribution is 0.104. The lowest BCUT2D eigenvalue weighted by Crippen LogP contribution is -2.39. The molecule has 1 aliphatic rings. The highest BCUT2D eigenvalue weighted by molar-refractivity contribution is 7.97. The van der Waals surface area contributed by atoms with Gasteiger partial charge in [-0.3, -0.25) is 9.10 Å². The van der Waals surface area contributed by atoms with Crippen LogP contribution in [0.1, 0.15) is 21.5 Å². The van der Waals surface area contributed by atoms with Crippen molar-refractivity contribution in [2.24, 2.45) is 0 Å². The summed E-state index contributed by atoms with van der Waals surface area (Å²) < 4.78 is 33.7. The molecule has 0 aliphatic carbocycles. The number of methoxy groups -OCH3 is 1. The Hall–Kier alpha value is -3.29. The van der Waals surface area contributed by atoms with E-state index in [9.17, 15) is 13.2 Å². The van der Waals surface area contributed by atoms with Crippen molar-refractivity contribution in [3.63, 3.8) is 0 Å². The van der Waals surface area contributed by atoms with Crippen LogP contribution in [0.5, 0.6) is 5.75 Å². The number of benzene rings is 3. The minimum absolute atomic E-state index is 0.105. The summed E-state index contributed by atoms with van der Waals surface area (Å²) in [5, 5.41) is 3.45. The molecule has 0 saturated heterocycles. The number of ketones is 1. The van der Waals surface area contributed by atoms with Crippen molar-refractivity contribution in [2.45, 2.75) is 13.5 Å². The van der Waals surface area contributed by atoms with E-state index in [-0.39, 0.29) is 11.4 Å². The molecule has 0 aromatic heterocycles. The minimum Gasteiger partial charge on any atom is -0.495 e. The maximum atomic E-state index is 13.5. The van der Waals surface area contributed by atoms with Crippen molar-refractivity contribution in [3.8, 4) is 5.75 Å². The summed E-state index contributed by atoms with van der Waals surface area (Å²) in [6.45, 7) is 1.93. The zero-order chi connectivity index (χ0) is 22.9. The molecule has 3 aromatic carbocycles. The van der Waals surface area contributed by atoms with Gasteiger partial charge in [0.15, 0.2) is 4.91 Å². The summed E-state index contributed by atoms with van der Waals surface area (Å²) in [5.41, 5.74) is 2.77. The van der Waals surface area contributed by atoms with Crippen molar-refractivity contribution in [3.05, 3.63) is 99.5 Å². The van der Waals surface area contributed by atoms with Gasteiger partial charge in [0.25, 0.3) is 10.0 Å². The highest BCUT2D eigenvalue weighted by Gasteiger charge is 2.40. The minimum atomic E-state index is -4.12. The standard InChI is InChI=1S/C24H21ClN2O4S/c1-16-12-20(22(31-2)13-19(16)25)26-14-23-24(28)18-10-6-7-11-21(18)27(32(23,29)30)15-17-8-4-3-5-9-17/h3-14,26H,15H2,1-2H3/b23-14+. The summed E-state index contributed by atoms with van der Waals surface area (Å²) in [6.07, 6.45) is 1.22. The van der Waals surface area contributed by atoms with Crippen LogP contribution in [0.3, 0.4) is 0 Å². The molecule has 0 unspecified atom stereocenters. The number of carbonyl (C=O) groups is 1. The predicted octanol–water partition coefficient (Wildman–Crippen LogP) is 5.14. The Morgan fingerprint density at radius 1 is 1.06 bits per heavy atom. The molecule has 0 spiro atoms. The number of sulfonamides is 1. The Kier molecular flexibility index (Phi) is 5.95. The fourth-order valence-corrected chi connectivity index (χ4v) is 5.21. The van der Waals surface area contributed by atoms with Gasteiger partial charge in [0, 0.05) is 22.9 Å². The van der Waals surface area contributed by atoms with E-state index in [0.717, 1.165) is 11.1 Å². The molecular weight excluding hydrogens is 448 g/mol. The van der Waals surface area contributed by atoms with Gasteiger partial charge in [0.2, 0.25) is 5.78 Å². The normalized spacial score (nSPS) is 16.0. The molecule has 32 heavy (non-hydrogen) atoms. The molecule has 6 nitrogen and oxygen atoms in total. The van der Waals surface area contributed by atoms with Crippen molar-refractivity contribution >= 4 is 38.8 Å². The fourth-order valence-electron chi connectivity index (χ4n) is 3.53. The van der Waals surface area contributed by atoms with Gasteiger partial charge in [-0.15, -0.1) is 0 Å². The number of nitrogens with zero attached hydrogens (tertiary/aromatic N) is 1. The van der Waals surface area contributed by atoms with Gasteiger partial charge in [-0.2, -0.15) is 0 Å². The van der Waals surface area contributed by atoms with Crippen LogP contribution >= 0.6 is 11.6 Å². The third-order valence-electron chi connectivity index (χ3n) is 5.22. The second-order valence-electron chi connectivity index (χ2n) is 7.30. The number of rotatable bonds is 5. The van der Waals surface area contributed by atoms with E-state index in [1.54, 1.807) is 36.4 Å². The first-order chi connectivity index (χ1) is 15.3. The van der Waals surface area contributed by atoms with Gasteiger partial charge in [-0.25, -0.2) is 8.42 Å². The van der Waals surface area contributed by atoms with Gasteiger partial charge >= 0.3 is 0 Å². The topological polar surface area (TPSA) is 75.7 Å². The van der Waals surface area contributed by atoms with Crippen molar-refractivity contribution in [1.29, 1.82) is 0 Å². The van der Waals surface area contributed by atoms with E-state index in [1.165, 1.54) is 17.6 Å². The summed E-state index contributed by atoms with van der Waals surface area (Å²) in [5.74, 6) is -0.137. The Bertz CT molecular complexity index is 1320. The molecule has 1 heterocycles. The average Bonchev–Trinajstić information content (AvgIpc) is 2.79. The smallest absolute Gasteiger partial charge is 0.270 e. The number of hydrogen-bond donors (Lipinski definition) is 1. The molecule has 8 heteroatoms. The summed E-state index contributed by atoms with van der Waals surface area (Å²) in [7, 11) is -2.63. The van der Waals surface area contributed by atoms with Gasteiger partial charge < -0.3 is 10.1 Å². The van der Waals surface area contributed by atoms with Crippen LogP contribution in [0.15, 0.2) is 77.8 Å². The van der Waals surface area contributed by atoms with Crippen LogP contribution in [0.4, 0.5) is 11.4 Å². The molecule has 0 atom stereocenters. The number of nitrogens with one attached hydrogen (secondary N) is 1. The Balaban J connectivity index is 1.79. The second kappa shape index (κ2) is 8.68. The first-order valence-corrected chi connectivity index (χ1v) is 11.7. The quantitative estimate of drug-likeness (QED) is 0.524. The van der Waals surface area contributed by atoms with E-state index in [2.05, 4.69) is 5.32 Å². The fraction of sp³-hybridized carbons (Fsp3) is 0.125. The van der Waals surface area contributed by atoms with Crippen molar-refractivity contribution in [1.82, 2.24) is 0 Å². The Labute approximate surface area is 192 Å². The SMILES string of the molecule is COc1cc(Cl)c(C)cc1N/C=C1\C(=O)c2ccccc2N(Cc2ccccc2)S1(=O)=O. The Morgan fingerprint density at radius 3 is 2.47 bits per heavy atom. The maximum Gasteiger partial charge on any atom is 0.270 e.